The van der Waals surface area contributed by atoms with Gasteiger partial charge in [0.25, 0.3) is 0 Å². The van der Waals surface area contributed by atoms with Crippen LogP contribution >= 0.6 is 0 Å². The number of hydrogen-bond donors (Lipinski definition) is 1. The van der Waals surface area contributed by atoms with Gasteiger partial charge in [0, 0.05) is 19.8 Å². The molecule has 1 aliphatic heterocycles. The van der Waals surface area contributed by atoms with Crippen molar-refractivity contribution in [2.24, 2.45) is 0 Å². The molecule has 1 heterocycles. The van der Waals surface area contributed by atoms with Crippen molar-refractivity contribution in [3.63, 3.8) is 0 Å². The second kappa shape index (κ2) is 9.86. The van der Waals surface area contributed by atoms with Crippen molar-refractivity contribution in [3.05, 3.63) is 29.8 Å². The summed E-state index contributed by atoms with van der Waals surface area (Å²) >= 11 is 0. The lowest BCUT2D eigenvalue weighted by molar-refractivity contribution is 0.0169. The van der Waals surface area contributed by atoms with Gasteiger partial charge in [0.1, 0.15) is 0 Å². The number of esters is 1. The Bertz CT molecular complexity index is 638. The molecule has 1 aromatic carbocycles. The molecule has 1 fully saturated rings. The molecule has 0 saturated carbocycles. The molecule has 0 bridgehead atoms. The SMILES string of the molecule is CCOC(=O)c1ccc(S(=O)(=O)NCCCOC[C@@H]2CCCO2)cc1. The third-order valence-corrected chi connectivity index (χ3v) is 5.24. The van der Waals surface area contributed by atoms with Gasteiger partial charge in [-0.3, -0.25) is 0 Å². The summed E-state index contributed by atoms with van der Waals surface area (Å²) in [5.41, 5.74) is 0.323. The molecular weight excluding hydrogens is 346 g/mol. The standard InChI is InChI=1S/C17H25NO6S/c1-2-23-17(19)14-6-8-16(9-7-14)25(20,21)18-10-4-11-22-13-15-5-3-12-24-15/h6-9,15,18H,2-5,10-13H2,1H3/t15-/m0/s1. The number of sulfonamides is 1. The van der Waals surface area contributed by atoms with E-state index in [0.717, 1.165) is 19.4 Å². The largest absolute Gasteiger partial charge is 0.462 e. The van der Waals surface area contributed by atoms with Crippen LogP contribution in [0.3, 0.4) is 0 Å². The molecule has 0 radical (unpaired) electrons. The molecule has 1 N–H and O–H groups in total. The first-order valence-electron chi connectivity index (χ1n) is 8.49. The van der Waals surface area contributed by atoms with Crippen LogP contribution in [0.25, 0.3) is 0 Å². The van der Waals surface area contributed by atoms with E-state index in [4.69, 9.17) is 14.2 Å². The van der Waals surface area contributed by atoms with E-state index in [1.165, 1.54) is 24.3 Å². The Balaban J connectivity index is 1.72. The molecule has 7 nitrogen and oxygen atoms in total. The van der Waals surface area contributed by atoms with Crippen molar-refractivity contribution in [1.82, 2.24) is 4.72 Å². The minimum absolute atomic E-state index is 0.112. The fourth-order valence-electron chi connectivity index (χ4n) is 2.44. The van der Waals surface area contributed by atoms with Crippen molar-refractivity contribution in [2.75, 3.05) is 33.0 Å². The maximum absolute atomic E-state index is 12.2. The van der Waals surface area contributed by atoms with Gasteiger partial charge < -0.3 is 14.2 Å². The number of carbonyl (C=O) groups is 1. The summed E-state index contributed by atoms with van der Waals surface area (Å²) in [6.07, 6.45) is 2.85. The predicted molar refractivity (Wildman–Crippen MR) is 92.0 cm³/mol. The topological polar surface area (TPSA) is 90.9 Å². The zero-order valence-corrected chi connectivity index (χ0v) is 15.2. The first-order valence-corrected chi connectivity index (χ1v) is 9.97. The van der Waals surface area contributed by atoms with Gasteiger partial charge in [0.2, 0.25) is 10.0 Å². The number of benzene rings is 1. The molecule has 0 aromatic heterocycles. The lowest BCUT2D eigenvalue weighted by atomic mass is 10.2. The fraction of sp³-hybridized carbons (Fsp3) is 0.588. The van der Waals surface area contributed by atoms with E-state index in [2.05, 4.69) is 4.72 Å². The molecule has 0 aliphatic carbocycles. The second-order valence-electron chi connectivity index (χ2n) is 5.71. The monoisotopic (exact) mass is 371 g/mol. The Morgan fingerprint density at radius 2 is 2.08 bits per heavy atom. The summed E-state index contributed by atoms with van der Waals surface area (Å²) in [5.74, 6) is -0.470. The number of hydrogen-bond acceptors (Lipinski definition) is 6. The number of ether oxygens (including phenoxy) is 3. The molecular formula is C17H25NO6S. The van der Waals surface area contributed by atoms with Crippen LogP contribution in [0.1, 0.15) is 36.5 Å². The zero-order chi connectivity index (χ0) is 18.1. The van der Waals surface area contributed by atoms with E-state index < -0.39 is 16.0 Å². The van der Waals surface area contributed by atoms with Gasteiger partial charge in [0.15, 0.2) is 0 Å². The average Bonchev–Trinajstić information content (AvgIpc) is 3.12. The van der Waals surface area contributed by atoms with Crippen molar-refractivity contribution in [2.45, 2.75) is 37.2 Å². The highest BCUT2D eigenvalue weighted by molar-refractivity contribution is 7.89. The van der Waals surface area contributed by atoms with Gasteiger partial charge in [-0.25, -0.2) is 17.9 Å². The number of nitrogens with one attached hydrogen (secondary N) is 1. The van der Waals surface area contributed by atoms with Crippen LogP contribution in [0, 0.1) is 0 Å². The predicted octanol–water partition coefficient (Wildman–Crippen LogP) is 1.73. The van der Waals surface area contributed by atoms with Crippen LogP contribution < -0.4 is 4.72 Å². The van der Waals surface area contributed by atoms with Gasteiger partial charge in [0.05, 0.1) is 29.8 Å². The van der Waals surface area contributed by atoms with Gasteiger partial charge in [-0.2, -0.15) is 0 Å². The van der Waals surface area contributed by atoms with Crippen LogP contribution in [-0.2, 0) is 24.2 Å². The quantitative estimate of drug-likeness (QED) is 0.497. The Hall–Kier alpha value is -1.48. The molecule has 1 aromatic rings. The molecule has 1 aliphatic rings. The molecule has 1 saturated heterocycles. The summed E-state index contributed by atoms with van der Waals surface area (Å²) < 4.78 is 42.7. The Morgan fingerprint density at radius 3 is 2.72 bits per heavy atom. The Labute approximate surface area is 148 Å². The van der Waals surface area contributed by atoms with Crippen molar-refractivity contribution >= 4 is 16.0 Å². The fourth-order valence-corrected chi connectivity index (χ4v) is 3.51. The Morgan fingerprint density at radius 1 is 1.32 bits per heavy atom. The molecule has 0 unspecified atom stereocenters. The van der Waals surface area contributed by atoms with Crippen LogP contribution in [0.4, 0.5) is 0 Å². The maximum atomic E-state index is 12.2. The molecule has 2 rings (SSSR count). The van der Waals surface area contributed by atoms with Gasteiger partial charge in [-0.1, -0.05) is 0 Å². The van der Waals surface area contributed by atoms with E-state index in [9.17, 15) is 13.2 Å². The minimum Gasteiger partial charge on any atom is -0.462 e. The minimum atomic E-state index is -3.60. The van der Waals surface area contributed by atoms with Crippen molar-refractivity contribution in [3.8, 4) is 0 Å². The highest BCUT2D eigenvalue weighted by Crippen LogP contribution is 2.13. The summed E-state index contributed by atoms with van der Waals surface area (Å²) in [6.45, 7) is 4.10. The van der Waals surface area contributed by atoms with Crippen LogP contribution in [0.2, 0.25) is 0 Å². The molecule has 140 valence electrons. The lowest BCUT2D eigenvalue weighted by Gasteiger charge is -2.10. The third kappa shape index (κ3) is 6.39. The van der Waals surface area contributed by atoms with Crippen LogP contribution in [-0.4, -0.2) is 53.5 Å². The van der Waals surface area contributed by atoms with E-state index >= 15 is 0 Å². The molecule has 1 atom stereocenters. The van der Waals surface area contributed by atoms with Gasteiger partial charge in [-0.05, 0) is 50.5 Å². The highest BCUT2D eigenvalue weighted by atomic mass is 32.2. The zero-order valence-electron chi connectivity index (χ0n) is 14.4. The van der Waals surface area contributed by atoms with Crippen molar-refractivity contribution in [1.29, 1.82) is 0 Å². The van der Waals surface area contributed by atoms with E-state index in [1.807, 2.05) is 0 Å². The summed E-state index contributed by atoms with van der Waals surface area (Å²) in [5, 5.41) is 0. The highest BCUT2D eigenvalue weighted by Gasteiger charge is 2.16. The number of rotatable bonds is 10. The van der Waals surface area contributed by atoms with Gasteiger partial charge in [-0.15, -0.1) is 0 Å². The molecule has 0 spiro atoms. The smallest absolute Gasteiger partial charge is 0.338 e. The normalized spacial score (nSPS) is 17.6. The molecule has 8 heteroatoms. The molecule has 25 heavy (non-hydrogen) atoms. The summed E-state index contributed by atoms with van der Waals surface area (Å²) in [6, 6.07) is 5.67. The average molecular weight is 371 g/mol. The summed E-state index contributed by atoms with van der Waals surface area (Å²) in [4.78, 5) is 11.7. The van der Waals surface area contributed by atoms with E-state index in [0.29, 0.717) is 25.2 Å². The van der Waals surface area contributed by atoms with E-state index in [-0.39, 0.29) is 24.2 Å². The van der Waals surface area contributed by atoms with E-state index in [1.54, 1.807) is 6.92 Å². The maximum Gasteiger partial charge on any atom is 0.338 e. The van der Waals surface area contributed by atoms with Crippen LogP contribution in [0.15, 0.2) is 29.2 Å². The first kappa shape index (κ1) is 19.8. The second-order valence-corrected chi connectivity index (χ2v) is 7.47. The third-order valence-electron chi connectivity index (χ3n) is 3.76. The van der Waals surface area contributed by atoms with Crippen molar-refractivity contribution < 1.29 is 27.4 Å². The lowest BCUT2D eigenvalue weighted by Crippen LogP contribution is -2.26. The van der Waals surface area contributed by atoms with Gasteiger partial charge >= 0.3 is 5.97 Å². The molecule has 0 amide bonds. The first-order chi connectivity index (χ1) is 12.0. The van der Waals surface area contributed by atoms with Crippen LogP contribution in [0.5, 0.6) is 0 Å². The Kier molecular flexibility index (Phi) is 7.83. The number of carbonyl (C=O) groups excluding carboxylic acids is 1. The summed E-state index contributed by atoms with van der Waals surface area (Å²) in [7, 11) is -3.60.